The Morgan fingerprint density at radius 3 is 2.68 bits per heavy atom. The van der Waals surface area contributed by atoms with E-state index in [0.717, 1.165) is 30.0 Å². The number of benzene rings is 1. The van der Waals surface area contributed by atoms with Gasteiger partial charge in [0, 0.05) is 42.9 Å². The molecule has 1 aromatic heterocycles. The second-order valence-electron chi connectivity index (χ2n) is 6.48. The standard InChI is InChI=1S/C18H24N4O2S/c1-12(2)22-8-15(17(9-22)24-3)21-18(23)20-14-6-4-13(5-7-14)16-10-25-11-19-16/h4-7,10-12,15,17H,8-9H2,1-3H3,(H2,20,21,23)/t15-,17-/m1/s1. The monoisotopic (exact) mass is 360 g/mol. The molecule has 3 rings (SSSR count). The third-order valence-corrected chi connectivity index (χ3v) is 5.10. The minimum absolute atomic E-state index is 0.0123. The van der Waals surface area contributed by atoms with Gasteiger partial charge in [0.15, 0.2) is 0 Å². The molecule has 0 radical (unpaired) electrons. The third-order valence-electron chi connectivity index (χ3n) is 4.51. The first kappa shape index (κ1) is 17.8. The predicted molar refractivity (Wildman–Crippen MR) is 101 cm³/mol. The number of ether oxygens (including phenoxy) is 1. The molecule has 2 N–H and O–H groups in total. The van der Waals surface area contributed by atoms with E-state index >= 15 is 0 Å². The molecule has 1 aliphatic heterocycles. The third kappa shape index (κ3) is 4.36. The SMILES string of the molecule is CO[C@@H]1CN(C(C)C)C[C@H]1NC(=O)Nc1ccc(-c2cscn2)cc1. The van der Waals surface area contributed by atoms with Gasteiger partial charge in [-0.05, 0) is 26.0 Å². The lowest BCUT2D eigenvalue weighted by Crippen LogP contribution is -2.45. The number of carbonyl (C=O) groups is 1. The number of thiazole rings is 1. The molecule has 2 amide bonds. The highest BCUT2D eigenvalue weighted by molar-refractivity contribution is 7.07. The highest BCUT2D eigenvalue weighted by Crippen LogP contribution is 2.21. The van der Waals surface area contributed by atoms with Crippen LogP contribution in [-0.2, 0) is 4.74 Å². The van der Waals surface area contributed by atoms with Crippen molar-refractivity contribution in [3.8, 4) is 11.3 Å². The smallest absolute Gasteiger partial charge is 0.319 e. The Hall–Kier alpha value is -1.96. The summed E-state index contributed by atoms with van der Waals surface area (Å²) in [6, 6.07) is 7.90. The van der Waals surface area contributed by atoms with E-state index in [4.69, 9.17) is 4.74 Å². The molecule has 1 saturated heterocycles. The topological polar surface area (TPSA) is 66.5 Å². The number of likely N-dealkylation sites (tertiary alicyclic amines) is 1. The number of anilines is 1. The van der Waals surface area contributed by atoms with Gasteiger partial charge in [0.1, 0.15) is 0 Å². The Labute approximate surface area is 152 Å². The van der Waals surface area contributed by atoms with Crippen LogP contribution in [0.25, 0.3) is 11.3 Å². The van der Waals surface area contributed by atoms with Crippen molar-refractivity contribution in [3.05, 3.63) is 35.2 Å². The lowest BCUT2D eigenvalue weighted by atomic mass is 10.1. The number of nitrogens with one attached hydrogen (secondary N) is 2. The van der Waals surface area contributed by atoms with Crippen molar-refractivity contribution in [1.29, 1.82) is 0 Å². The van der Waals surface area contributed by atoms with Gasteiger partial charge in [0.2, 0.25) is 0 Å². The van der Waals surface area contributed by atoms with Crippen LogP contribution in [0.15, 0.2) is 35.2 Å². The Kier molecular flexibility index (Phi) is 5.67. The van der Waals surface area contributed by atoms with Crippen LogP contribution in [0.5, 0.6) is 0 Å². The zero-order valence-corrected chi connectivity index (χ0v) is 15.5. The van der Waals surface area contributed by atoms with Crippen molar-refractivity contribution in [2.24, 2.45) is 0 Å². The Balaban J connectivity index is 1.57. The first-order valence-electron chi connectivity index (χ1n) is 8.40. The molecular weight excluding hydrogens is 336 g/mol. The predicted octanol–water partition coefficient (Wildman–Crippen LogP) is 3.04. The molecule has 1 aromatic carbocycles. The summed E-state index contributed by atoms with van der Waals surface area (Å²) in [5, 5.41) is 7.92. The number of carbonyl (C=O) groups excluding carboxylic acids is 1. The molecule has 1 aliphatic rings. The van der Waals surface area contributed by atoms with Crippen LogP contribution in [0, 0.1) is 0 Å². The van der Waals surface area contributed by atoms with Crippen LogP contribution in [-0.4, -0.2) is 54.3 Å². The van der Waals surface area contributed by atoms with Crippen molar-refractivity contribution in [2.75, 3.05) is 25.5 Å². The van der Waals surface area contributed by atoms with Gasteiger partial charge in [-0.3, -0.25) is 4.90 Å². The summed E-state index contributed by atoms with van der Waals surface area (Å²) in [6.45, 7) is 5.94. The maximum absolute atomic E-state index is 12.3. The molecular formula is C18H24N4O2S. The van der Waals surface area contributed by atoms with E-state index in [1.807, 2.05) is 35.2 Å². The first-order valence-corrected chi connectivity index (χ1v) is 9.34. The summed E-state index contributed by atoms with van der Waals surface area (Å²) in [5.41, 5.74) is 4.55. The van der Waals surface area contributed by atoms with Crippen molar-refractivity contribution < 1.29 is 9.53 Å². The summed E-state index contributed by atoms with van der Waals surface area (Å²) in [6.07, 6.45) is 0.0141. The molecule has 7 heteroatoms. The molecule has 6 nitrogen and oxygen atoms in total. The molecule has 0 spiro atoms. The zero-order valence-electron chi connectivity index (χ0n) is 14.7. The van der Waals surface area contributed by atoms with E-state index in [9.17, 15) is 4.79 Å². The van der Waals surface area contributed by atoms with E-state index < -0.39 is 0 Å². The van der Waals surface area contributed by atoms with Gasteiger partial charge in [-0.15, -0.1) is 11.3 Å². The molecule has 0 saturated carbocycles. The van der Waals surface area contributed by atoms with Gasteiger partial charge < -0.3 is 15.4 Å². The Bertz CT molecular complexity index is 688. The van der Waals surface area contributed by atoms with E-state index in [2.05, 4.69) is 34.4 Å². The second kappa shape index (κ2) is 7.95. The van der Waals surface area contributed by atoms with Gasteiger partial charge in [-0.25, -0.2) is 9.78 Å². The van der Waals surface area contributed by atoms with Gasteiger partial charge >= 0.3 is 6.03 Å². The number of rotatable bonds is 5. The quantitative estimate of drug-likeness (QED) is 0.860. The number of hydrogen-bond acceptors (Lipinski definition) is 5. The summed E-state index contributed by atoms with van der Waals surface area (Å²) >= 11 is 1.56. The average Bonchev–Trinajstić information content (AvgIpc) is 3.25. The van der Waals surface area contributed by atoms with E-state index in [1.165, 1.54) is 0 Å². The number of aromatic nitrogens is 1. The number of nitrogens with zero attached hydrogens (tertiary/aromatic N) is 2. The largest absolute Gasteiger partial charge is 0.378 e. The fourth-order valence-corrected chi connectivity index (χ4v) is 3.58. The van der Waals surface area contributed by atoms with Crippen LogP contribution < -0.4 is 10.6 Å². The second-order valence-corrected chi connectivity index (χ2v) is 7.20. The van der Waals surface area contributed by atoms with Crippen LogP contribution in [0.1, 0.15) is 13.8 Å². The highest BCUT2D eigenvalue weighted by Gasteiger charge is 2.34. The Morgan fingerprint density at radius 1 is 1.32 bits per heavy atom. The molecule has 25 heavy (non-hydrogen) atoms. The lowest BCUT2D eigenvalue weighted by Gasteiger charge is -2.20. The number of hydrogen-bond donors (Lipinski definition) is 2. The summed E-state index contributed by atoms with van der Waals surface area (Å²) in [4.78, 5) is 18.9. The van der Waals surface area contributed by atoms with Crippen LogP contribution in [0.4, 0.5) is 10.5 Å². The molecule has 2 heterocycles. The van der Waals surface area contributed by atoms with E-state index in [-0.39, 0.29) is 18.2 Å². The molecule has 0 unspecified atom stereocenters. The summed E-state index contributed by atoms with van der Waals surface area (Å²) in [5.74, 6) is 0. The number of methoxy groups -OCH3 is 1. The number of urea groups is 1. The fourth-order valence-electron chi connectivity index (χ4n) is 3.02. The minimum atomic E-state index is -0.209. The normalized spacial score (nSPS) is 20.8. The van der Waals surface area contributed by atoms with Crippen LogP contribution in [0.2, 0.25) is 0 Å². The molecule has 1 fully saturated rings. The van der Waals surface area contributed by atoms with Gasteiger partial charge in [0.05, 0.1) is 23.4 Å². The van der Waals surface area contributed by atoms with Crippen molar-refractivity contribution in [3.63, 3.8) is 0 Å². The van der Waals surface area contributed by atoms with Crippen LogP contribution >= 0.6 is 11.3 Å². The van der Waals surface area contributed by atoms with E-state index in [1.54, 1.807) is 18.4 Å². The van der Waals surface area contributed by atoms with E-state index in [0.29, 0.717) is 6.04 Å². The fraction of sp³-hybridized carbons (Fsp3) is 0.444. The Morgan fingerprint density at radius 2 is 2.08 bits per heavy atom. The zero-order chi connectivity index (χ0) is 17.8. The molecule has 0 aliphatic carbocycles. The van der Waals surface area contributed by atoms with Crippen molar-refractivity contribution >= 4 is 23.1 Å². The van der Waals surface area contributed by atoms with Gasteiger partial charge in [0.25, 0.3) is 0 Å². The lowest BCUT2D eigenvalue weighted by molar-refractivity contribution is 0.0896. The van der Waals surface area contributed by atoms with Crippen molar-refractivity contribution in [1.82, 2.24) is 15.2 Å². The summed E-state index contributed by atoms with van der Waals surface area (Å²) in [7, 11) is 1.69. The maximum atomic E-state index is 12.3. The molecule has 2 aromatic rings. The summed E-state index contributed by atoms with van der Waals surface area (Å²) < 4.78 is 5.52. The average molecular weight is 360 g/mol. The first-order chi connectivity index (χ1) is 12.1. The van der Waals surface area contributed by atoms with Crippen molar-refractivity contribution in [2.45, 2.75) is 32.0 Å². The van der Waals surface area contributed by atoms with Gasteiger partial charge in [-0.2, -0.15) is 0 Å². The number of amides is 2. The molecule has 2 atom stereocenters. The molecule has 0 bridgehead atoms. The highest BCUT2D eigenvalue weighted by atomic mass is 32.1. The minimum Gasteiger partial charge on any atom is -0.378 e. The van der Waals surface area contributed by atoms with Gasteiger partial charge in [-0.1, -0.05) is 12.1 Å². The molecule has 134 valence electrons. The van der Waals surface area contributed by atoms with Crippen LogP contribution in [0.3, 0.4) is 0 Å². The maximum Gasteiger partial charge on any atom is 0.319 e.